The van der Waals surface area contributed by atoms with Gasteiger partial charge in [0.1, 0.15) is 11.6 Å². The Labute approximate surface area is 126 Å². The van der Waals surface area contributed by atoms with Gasteiger partial charge in [-0.15, -0.1) is 0 Å². The maximum atomic E-state index is 12.0. The van der Waals surface area contributed by atoms with Crippen molar-refractivity contribution in [2.24, 2.45) is 0 Å². The number of nitrogens with zero attached hydrogens (tertiary/aromatic N) is 2. The molecule has 1 heterocycles. The third kappa shape index (κ3) is 3.85. The zero-order chi connectivity index (χ0) is 15.1. The molecule has 1 amide bonds. The maximum Gasteiger partial charge on any atom is 0.263 e. The third-order valence-electron chi connectivity index (χ3n) is 3.61. The molecule has 0 spiro atoms. The van der Waals surface area contributed by atoms with Crippen molar-refractivity contribution in [3.8, 4) is 6.07 Å². The molecule has 0 radical (unpaired) electrons. The lowest BCUT2D eigenvalue weighted by atomic mass is 10.0. The summed E-state index contributed by atoms with van der Waals surface area (Å²) in [6.45, 7) is 3.52. The SMILES string of the molecule is CCCCNC(=O)/C(C#N)=C\N1CCCc2ccccc21. The van der Waals surface area contributed by atoms with E-state index in [1.165, 1.54) is 5.56 Å². The Kier molecular flexibility index (Phi) is 5.39. The number of carbonyl (C=O) groups is 1. The van der Waals surface area contributed by atoms with Crippen LogP contribution in [0.1, 0.15) is 31.7 Å². The number of unbranched alkanes of at least 4 members (excludes halogenated alkanes) is 1. The van der Waals surface area contributed by atoms with Gasteiger partial charge in [-0.3, -0.25) is 4.79 Å². The molecule has 1 N–H and O–H groups in total. The number of aryl methyl sites for hydroxylation is 1. The average Bonchev–Trinajstić information content (AvgIpc) is 2.52. The fourth-order valence-electron chi connectivity index (χ4n) is 2.46. The smallest absolute Gasteiger partial charge is 0.263 e. The van der Waals surface area contributed by atoms with Crippen molar-refractivity contribution in [2.45, 2.75) is 32.6 Å². The Bertz CT molecular complexity index is 572. The zero-order valence-electron chi connectivity index (χ0n) is 12.4. The summed E-state index contributed by atoms with van der Waals surface area (Å²) in [5.41, 5.74) is 2.53. The van der Waals surface area contributed by atoms with Gasteiger partial charge < -0.3 is 10.2 Å². The molecule has 1 aliphatic rings. The molecule has 1 aromatic carbocycles. The molecule has 4 heteroatoms. The maximum absolute atomic E-state index is 12.0. The van der Waals surface area contributed by atoms with Gasteiger partial charge in [-0.25, -0.2) is 0 Å². The molecule has 0 aromatic heterocycles. The number of fused-ring (bicyclic) bond motifs is 1. The van der Waals surface area contributed by atoms with Gasteiger partial charge in [-0.05, 0) is 30.9 Å². The van der Waals surface area contributed by atoms with Gasteiger partial charge in [0, 0.05) is 25.0 Å². The molecule has 1 aromatic rings. The predicted octanol–water partition coefficient (Wildman–Crippen LogP) is 2.76. The van der Waals surface area contributed by atoms with Crippen LogP contribution >= 0.6 is 0 Å². The molecular weight excluding hydrogens is 262 g/mol. The molecule has 0 saturated carbocycles. The van der Waals surface area contributed by atoms with Gasteiger partial charge in [-0.2, -0.15) is 5.26 Å². The Morgan fingerprint density at radius 1 is 1.48 bits per heavy atom. The summed E-state index contributed by atoms with van der Waals surface area (Å²) in [5.74, 6) is -0.283. The van der Waals surface area contributed by atoms with Crippen LogP contribution in [0.15, 0.2) is 36.0 Å². The summed E-state index contributed by atoms with van der Waals surface area (Å²) in [5, 5.41) is 12.0. The highest BCUT2D eigenvalue weighted by atomic mass is 16.1. The van der Waals surface area contributed by atoms with Crippen molar-refractivity contribution >= 4 is 11.6 Å². The van der Waals surface area contributed by atoms with E-state index in [1.807, 2.05) is 29.2 Å². The molecule has 0 atom stereocenters. The van der Waals surface area contributed by atoms with E-state index in [0.29, 0.717) is 6.54 Å². The number of anilines is 1. The van der Waals surface area contributed by atoms with Crippen LogP contribution < -0.4 is 10.2 Å². The number of hydrogen-bond acceptors (Lipinski definition) is 3. The molecule has 0 saturated heterocycles. The highest BCUT2D eigenvalue weighted by Gasteiger charge is 2.17. The van der Waals surface area contributed by atoms with E-state index in [-0.39, 0.29) is 11.5 Å². The largest absolute Gasteiger partial charge is 0.351 e. The number of amides is 1. The molecular formula is C17H21N3O. The van der Waals surface area contributed by atoms with Crippen molar-refractivity contribution in [1.82, 2.24) is 5.32 Å². The Hall–Kier alpha value is -2.28. The number of rotatable bonds is 5. The van der Waals surface area contributed by atoms with Gasteiger partial charge in [0.05, 0.1) is 0 Å². The monoisotopic (exact) mass is 283 g/mol. The second-order valence-electron chi connectivity index (χ2n) is 5.19. The summed E-state index contributed by atoms with van der Waals surface area (Å²) in [6, 6.07) is 10.2. The topological polar surface area (TPSA) is 56.1 Å². The summed E-state index contributed by atoms with van der Waals surface area (Å²) < 4.78 is 0. The van der Waals surface area contributed by atoms with Crippen LogP contribution in [0.2, 0.25) is 0 Å². The summed E-state index contributed by atoms with van der Waals surface area (Å²) in [4.78, 5) is 14.0. The van der Waals surface area contributed by atoms with Gasteiger partial charge in [0.25, 0.3) is 5.91 Å². The number of nitriles is 1. The summed E-state index contributed by atoms with van der Waals surface area (Å²) >= 11 is 0. The highest BCUT2D eigenvalue weighted by molar-refractivity contribution is 5.97. The third-order valence-corrected chi connectivity index (χ3v) is 3.61. The molecule has 110 valence electrons. The molecule has 0 unspecified atom stereocenters. The van der Waals surface area contributed by atoms with E-state index >= 15 is 0 Å². The van der Waals surface area contributed by atoms with Crippen molar-refractivity contribution < 1.29 is 4.79 Å². The van der Waals surface area contributed by atoms with E-state index < -0.39 is 0 Å². The van der Waals surface area contributed by atoms with Gasteiger partial charge in [0.15, 0.2) is 0 Å². The van der Waals surface area contributed by atoms with Crippen molar-refractivity contribution in [3.05, 3.63) is 41.6 Å². The van der Waals surface area contributed by atoms with Gasteiger partial charge >= 0.3 is 0 Å². The molecule has 4 nitrogen and oxygen atoms in total. The van der Waals surface area contributed by atoms with E-state index in [9.17, 15) is 10.1 Å². The second kappa shape index (κ2) is 7.49. The van der Waals surface area contributed by atoms with Crippen LogP contribution in [-0.4, -0.2) is 19.0 Å². The highest BCUT2D eigenvalue weighted by Crippen LogP contribution is 2.27. The Morgan fingerprint density at radius 3 is 3.05 bits per heavy atom. The first kappa shape index (κ1) is 15.1. The van der Waals surface area contributed by atoms with Crippen LogP contribution in [0.4, 0.5) is 5.69 Å². The van der Waals surface area contributed by atoms with E-state index in [0.717, 1.165) is 37.9 Å². The lowest BCUT2D eigenvalue weighted by Crippen LogP contribution is -2.29. The van der Waals surface area contributed by atoms with Gasteiger partial charge in [0.2, 0.25) is 0 Å². The normalized spacial score (nSPS) is 14.3. The number of para-hydroxylation sites is 1. The zero-order valence-corrected chi connectivity index (χ0v) is 12.4. The van der Waals surface area contributed by atoms with Crippen LogP contribution in [0.5, 0.6) is 0 Å². The molecule has 2 rings (SSSR count). The first-order valence-electron chi connectivity index (χ1n) is 7.51. The molecule has 21 heavy (non-hydrogen) atoms. The fraction of sp³-hybridized carbons (Fsp3) is 0.412. The molecule has 0 aliphatic carbocycles. The lowest BCUT2D eigenvalue weighted by Gasteiger charge is -2.28. The Morgan fingerprint density at radius 2 is 2.29 bits per heavy atom. The standard InChI is InChI=1S/C17H21N3O/c1-2-3-10-19-17(21)15(12-18)13-20-11-6-8-14-7-4-5-9-16(14)20/h4-5,7,9,13H,2-3,6,8,10-11H2,1H3,(H,19,21)/b15-13-. The van der Waals surface area contributed by atoms with Crippen LogP contribution in [0.25, 0.3) is 0 Å². The Balaban J connectivity index is 2.14. The fourth-order valence-corrected chi connectivity index (χ4v) is 2.46. The first-order valence-corrected chi connectivity index (χ1v) is 7.51. The van der Waals surface area contributed by atoms with E-state index in [1.54, 1.807) is 6.20 Å². The minimum atomic E-state index is -0.283. The average molecular weight is 283 g/mol. The van der Waals surface area contributed by atoms with Crippen molar-refractivity contribution in [3.63, 3.8) is 0 Å². The number of carbonyl (C=O) groups excluding carboxylic acids is 1. The van der Waals surface area contributed by atoms with E-state index in [4.69, 9.17) is 0 Å². The number of hydrogen-bond donors (Lipinski definition) is 1. The van der Waals surface area contributed by atoms with Crippen LogP contribution in [-0.2, 0) is 11.2 Å². The summed E-state index contributed by atoms with van der Waals surface area (Å²) in [6.07, 6.45) is 5.70. The van der Waals surface area contributed by atoms with Crippen LogP contribution in [0, 0.1) is 11.3 Å². The molecule has 1 aliphatic heterocycles. The quantitative estimate of drug-likeness (QED) is 0.513. The van der Waals surface area contributed by atoms with Gasteiger partial charge in [-0.1, -0.05) is 31.5 Å². The summed E-state index contributed by atoms with van der Waals surface area (Å²) in [7, 11) is 0. The number of benzene rings is 1. The minimum absolute atomic E-state index is 0.169. The van der Waals surface area contributed by atoms with Crippen molar-refractivity contribution in [1.29, 1.82) is 5.26 Å². The van der Waals surface area contributed by atoms with E-state index in [2.05, 4.69) is 18.3 Å². The number of nitrogens with one attached hydrogen (secondary N) is 1. The molecule has 0 fully saturated rings. The second-order valence-corrected chi connectivity index (χ2v) is 5.19. The minimum Gasteiger partial charge on any atom is -0.351 e. The molecule has 0 bridgehead atoms. The predicted molar refractivity (Wildman–Crippen MR) is 83.7 cm³/mol. The first-order chi connectivity index (χ1) is 10.3. The van der Waals surface area contributed by atoms with Crippen LogP contribution in [0.3, 0.4) is 0 Å². The van der Waals surface area contributed by atoms with Crippen molar-refractivity contribution in [2.75, 3.05) is 18.0 Å². The lowest BCUT2D eigenvalue weighted by molar-refractivity contribution is -0.117.